The normalized spacial score (nSPS) is 15.5. The Balaban J connectivity index is 1.91. The number of furan rings is 1. The smallest absolute Gasteiger partial charge is 0.229 e. The quantitative estimate of drug-likeness (QED) is 0.230. The first-order valence-corrected chi connectivity index (χ1v) is 12.6. The number of aliphatic hydroxyl groups is 1. The molecule has 33 heavy (non-hydrogen) atoms. The molecule has 0 amide bonds. The average Bonchev–Trinajstić information content (AvgIpc) is 3.37. The van der Waals surface area contributed by atoms with Crippen molar-refractivity contribution in [3.63, 3.8) is 0 Å². The van der Waals surface area contributed by atoms with Crippen molar-refractivity contribution in [1.29, 1.82) is 0 Å². The van der Waals surface area contributed by atoms with Crippen LogP contribution in [0.25, 0.3) is 5.57 Å². The molecule has 1 N–H and O–H groups in total. The SMILES string of the molecule is O=C(/C(=C(/C1(O)CC1)P(=O)(c1ccccc1)c1ccccc1)c1ccccc1)c1ccco1. The molecule has 1 heterocycles. The van der Waals surface area contributed by atoms with Crippen LogP contribution in [0.15, 0.2) is 119 Å². The molecule has 1 saturated carbocycles. The Kier molecular flexibility index (Phi) is 5.49. The summed E-state index contributed by atoms with van der Waals surface area (Å²) in [6.07, 6.45) is 2.32. The second-order valence-electron chi connectivity index (χ2n) is 8.21. The van der Waals surface area contributed by atoms with Gasteiger partial charge in [-0.1, -0.05) is 91.0 Å². The Morgan fingerprint density at radius 2 is 1.27 bits per heavy atom. The first kappa shape index (κ1) is 21.4. The van der Waals surface area contributed by atoms with Crippen molar-refractivity contribution in [2.75, 3.05) is 0 Å². The van der Waals surface area contributed by atoms with Crippen molar-refractivity contribution >= 4 is 29.1 Å². The topological polar surface area (TPSA) is 67.5 Å². The van der Waals surface area contributed by atoms with Crippen LogP contribution >= 0.6 is 7.14 Å². The molecule has 0 radical (unpaired) electrons. The number of ketones is 1. The maximum atomic E-state index is 15.3. The van der Waals surface area contributed by atoms with Gasteiger partial charge in [-0.05, 0) is 30.5 Å². The van der Waals surface area contributed by atoms with Gasteiger partial charge in [0.2, 0.25) is 5.78 Å². The van der Waals surface area contributed by atoms with Crippen molar-refractivity contribution in [3.8, 4) is 0 Å². The van der Waals surface area contributed by atoms with E-state index in [1.807, 2.05) is 66.7 Å². The Hall–Kier alpha value is -3.46. The molecule has 1 fully saturated rings. The number of Topliss-reactive ketones (excluding diaryl/α,β-unsaturated/α-hetero) is 1. The van der Waals surface area contributed by atoms with Gasteiger partial charge in [-0.25, -0.2) is 0 Å². The molecule has 5 rings (SSSR count). The summed E-state index contributed by atoms with van der Waals surface area (Å²) in [4.78, 5) is 13.8. The summed E-state index contributed by atoms with van der Waals surface area (Å²) in [6, 6.07) is 30.6. The maximum Gasteiger partial charge on any atom is 0.229 e. The van der Waals surface area contributed by atoms with E-state index < -0.39 is 18.5 Å². The van der Waals surface area contributed by atoms with Crippen LogP contribution in [0.4, 0.5) is 0 Å². The van der Waals surface area contributed by atoms with Gasteiger partial charge in [0, 0.05) is 21.5 Å². The van der Waals surface area contributed by atoms with E-state index in [4.69, 9.17) is 4.42 Å². The summed E-state index contributed by atoms with van der Waals surface area (Å²) in [7, 11) is -3.60. The van der Waals surface area contributed by atoms with E-state index in [1.165, 1.54) is 6.26 Å². The van der Waals surface area contributed by atoms with Crippen LogP contribution in [0.5, 0.6) is 0 Å². The lowest BCUT2D eigenvalue weighted by Crippen LogP contribution is -2.27. The van der Waals surface area contributed by atoms with Gasteiger partial charge in [0.15, 0.2) is 12.9 Å². The van der Waals surface area contributed by atoms with Gasteiger partial charge in [-0.3, -0.25) is 4.79 Å². The number of hydrogen-bond acceptors (Lipinski definition) is 4. The summed E-state index contributed by atoms with van der Waals surface area (Å²) in [6.45, 7) is 0. The van der Waals surface area contributed by atoms with Gasteiger partial charge in [0.1, 0.15) is 0 Å². The van der Waals surface area contributed by atoms with Gasteiger partial charge >= 0.3 is 0 Å². The molecule has 5 heteroatoms. The van der Waals surface area contributed by atoms with Gasteiger partial charge in [0.05, 0.1) is 11.9 Å². The number of hydrogen-bond donors (Lipinski definition) is 1. The Morgan fingerprint density at radius 1 is 0.758 bits per heavy atom. The standard InChI is InChI=1S/C28H23O4P/c29-26(24-17-10-20-32-24)25(21-11-4-1-5-12-21)27(28(30)18-19-28)33(31,22-13-6-2-7-14-22)23-15-8-3-9-16-23/h1-17,20,30H,18-19H2/b27-25-. The summed E-state index contributed by atoms with van der Waals surface area (Å²) in [5.41, 5.74) is -0.503. The molecular formula is C28H23O4P. The third-order valence-corrected chi connectivity index (χ3v) is 9.31. The first-order chi connectivity index (χ1) is 16.0. The van der Waals surface area contributed by atoms with Crippen molar-refractivity contribution in [2.24, 2.45) is 0 Å². The molecular weight excluding hydrogens is 431 g/mol. The largest absolute Gasteiger partial charge is 0.461 e. The van der Waals surface area contributed by atoms with Gasteiger partial charge in [-0.2, -0.15) is 0 Å². The lowest BCUT2D eigenvalue weighted by Gasteiger charge is -2.29. The number of carbonyl (C=O) groups excluding carboxylic acids is 1. The molecule has 1 aliphatic carbocycles. The van der Waals surface area contributed by atoms with E-state index in [0.29, 0.717) is 29.0 Å². The van der Waals surface area contributed by atoms with Crippen LogP contribution in [0, 0.1) is 0 Å². The average molecular weight is 454 g/mol. The number of carbonyl (C=O) groups is 1. The molecule has 0 aliphatic heterocycles. The van der Waals surface area contributed by atoms with E-state index >= 15 is 4.57 Å². The lowest BCUT2D eigenvalue weighted by atomic mass is 9.97. The molecule has 4 nitrogen and oxygen atoms in total. The molecule has 4 aromatic rings. The summed E-state index contributed by atoms with van der Waals surface area (Å²) in [5, 5.41) is 13.0. The van der Waals surface area contributed by atoms with Crippen LogP contribution in [-0.2, 0) is 4.57 Å². The molecule has 1 aromatic heterocycles. The third kappa shape index (κ3) is 3.82. The summed E-state index contributed by atoms with van der Waals surface area (Å²) < 4.78 is 20.7. The van der Waals surface area contributed by atoms with Crippen molar-refractivity contribution in [2.45, 2.75) is 18.4 Å². The zero-order chi connectivity index (χ0) is 22.9. The highest BCUT2D eigenvalue weighted by molar-refractivity contribution is 7.82. The lowest BCUT2D eigenvalue weighted by molar-refractivity contribution is 0.102. The van der Waals surface area contributed by atoms with E-state index in [2.05, 4.69) is 0 Å². The van der Waals surface area contributed by atoms with Crippen LogP contribution in [0.1, 0.15) is 29.0 Å². The number of rotatable bonds is 7. The zero-order valence-corrected chi connectivity index (χ0v) is 18.8. The van der Waals surface area contributed by atoms with Crippen LogP contribution < -0.4 is 10.6 Å². The minimum atomic E-state index is -3.60. The fraction of sp³-hybridized carbons (Fsp3) is 0.107. The van der Waals surface area contributed by atoms with Crippen LogP contribution in [0.2, 0.25) is 0 Å². The molecule has 1 aliphatic rings. The second-order valence-corrected chi connectivity index (χ2v) is 10.9. The minimum absolute atomic E-state index is 0.142. The monoisotopic (exact) mass is 454 g/mol. The van der Waals surface area contributed by atoms with Gasteiger partial charge in [0.25, 0.3) is 0 Å². The second kappa shape index (κ2) is 8.47. The van der Waals surface area contributed by atoms with Crippen molar-refractivity contribution in [3.05, 3.63) is 126 Å². The van der Waals surface area contributed by atoms with E-state index in [1.54, 1.807) is 36.4 Å². The molecule has 0 bridgehead atoms. The highest BCUT2D eigenvalue weighted by Crippen LogP contribution is 2.64. The summed E-state index contributed by atoms with van der Waals surface area (Å²) in [5.74, 6) is -0.253. The van der Waals surface area contributed by atoms with Crippen LogP contribution in [-0.4, -0.2) is 16.5 Å². The number of allylic oxidation sites excluding steroid dienone is 1. The Bertz CT molecular complexity index is 1290. The fourth-order valence-corrected chi connectivity index (χ4v) is 7.59. The fourth-order valence-electron chi connectivity index (χ4n) is 4.23. The summed E-state index contributed by atoms with van der Waals surface area (Å²) >= 11 is 0. The Labute approximate surface area is 192 Å². The van der Waals surface area contributed by atoms with Gasteiger partial charge in [-0.15, -0.1) is 0 Å². The molecule has 0 atom stereocenters. The first-order valence-electron chi connectivity index (χ1n) is 10.9. The Morgan fingerprint density at radius 3 is 1.73 bits per heavy atom. The van der Waals surface area contributed by atoms with Crippen LogP contribution in [0.3, 0.4) is 0 Å². The van der Waals surface area contributed by atoms with E-state index in [0.717, 1.165) is 0 Å². The highest BCUT2D eigenvalue weighted by Gasteiger charge is 2.54. The molecule has 0 saturated heterocycles. The zero-order valence-electron chi connectivity index (χ0n) is 17.9. The predicted octanol–water partition coefficient (Wildman–Crippen LogP) is 5.41. The van der Waals surface area contributed by atoms with Crippen molar-refractivity contribution in [1.82, 2.24) is 0 Å². The minimum Gasteiger partial charge on any atom is -0.461 e. The molecule has 3 aromatic carbocycles. The van der Waals surface area contributed by atoms with E-state index in [9.17, 15) is 9.90 Å². The molecule has 0 spiro atoms. The van der Waals surface area contributed by atoms with E-state index in [-0.39, 0.29) is 16.6 Å². The molecule has 0 unspecified atom stereocenters. The molecule has 164 valence electrons. The van der Waals surface area contributed by atoms with Gasteiger partial charge < -0.3 is 14.1 Å². The highest BCUT2D eigenvalue weighted by atomic mass is 31.2. The van der Waals surface area contributed by atoms with Crippen molar-refractivity contribution < 1.29 is 18.9 Å². The third-order valence-electron chi connectivity index (χ3n) is 5.99. The maximum absolute atomic E-state index is 15.3. The predicted molar refractivity (Wildman–Crippen MR) is 130 cm³/mol. The number of benzene rings is 3.